The van der Waals surface area contributed by atoms with Gasteiger partial charge in [-0.25, -0.2) is 4.39 Å². The molecular weight excluding hydrogens is 387 g/mol. The van der Waals surface area contributed by atoms with Crippen LogP contribution in [0.2, 0.25) is 0 Å². The van der Waals surface area contributed by atoms with E-state index in [1.54, 1.807) is 36.8 Å². The topological polar surface area (TPSA) is 93.2 Å². The SMILES string of the molecule is COc1ccc(F)cc1NC(=O)c1ccc(C)c(NC(=O)CCc2cnccn2)c1. The Morgan fingerprint density at radius 1 is 1.07 bits per heavy atom. The monoisotopic (exact) mass is 408 g/mol. The lowest BCUT2D eigenvalue weighted by Crippen LogP contribution is -2.16. The lowest BCUT2D eigenvalue weighted by atomic mass is 10.1. The minimum Gasteiger partial charge on any atom is -0.495 e. The molecule has 0 spiro atoms. The third-order valence-corrected chi connectivity index (χ3v) is 4.41. The molecule has 0 saturated heterocycles. The van der Waals surface area contributed by atoms with E-state index in [1.165, 1.54) is 25.3 Å². The van der Waals surface area contributed by atoms with Crippen molar-refractivity contribution >= 4 is 23.2 Å². The Morgan fingerprint density at radius 3 is 2.63 bits per heavy atom. The van der Waals surface area contributed by atoms with E-state index in [0.29, 0.717) is 23.4 Å². The molecule has 2 amide bonds. The Kier molecular flexibility index (Phi) is 6.69. The van der Waals surface area contributed by atoms with Crippen LogP contribution in [0.15, 0.2) is 55.0 Å². The van der Waals surface area contributed by atoms with E-state index in [4.69, 9.17) is 4.74 Å². The van der Waals surface area contributed by atoms with Crippen LogP contribution in [0.3, 0.4) is 0 Å². The Labute approximate surface area is 173 Å². The Bertz CT molecular complexity index is 1060. The third-order valence-electron chi connectivity index (χ3n) is 4.41. The predicted molar refractivity (Wildman–Crippen MR) is 111 cm³/mol. The molecule has 0 fully saturated rings. The van der Waals surface area contributed by atoms with Gasteiger partial charge in [-0.15, -0.1) is 0 Å². The molecule has 3 rings (SSSR count). The summed E-state index contributed by atoms with van der Waals surface area (Å²) in [5.74, 6) is -0.803. The van der Waals surface area contributed by atoms with Crippen molar-refractivity contribution in [2.45, 2.75) is 19.8 Å². The number of rotatable bonds is 7. The molecule has 3 aromatic rings. The Hall–Kier alpha value is -3.81. The Morgan fingerprint density at radius 2 is 1.90 bits per heavy atom. The zero-order chi connectivity index (χ0) is 21.5. The summed E-state index contributed by atoms with van der Waals surface area (Å²) in [7, 11) is 1.43. The average molecular weight is 408 g/mol. The summed E-state index contributed by atoms with van der Waals surface area (Å²) in [5, 5.41) is 5.45. The standard InChI is InChI=1S/C22H21FN4O3/c1-14-3-4-15(22(29)27-19-12-16(23)5-7-20(19)30-2)11-18(14)26-21(28)8-6-17-13-24-9-10-25-17/h3-5,7,9-13H,6,8H2,1-2H3,(H,26,28)(H,27,29). The number of aryl methyl sites for hydroxylation is 2. The summed E-state index contributed by atoms with van der Waals surface area (Å²) < 4.78 is 18.7. The molecule has 2 N–H and O–H groups in total. The van der Waals surface area contributed by atoms with Crippen molar-refractivity contribution in [3.8, 4) is 5.75 Å². The molecule has 154 valence electrons. The molecule has 0 unspecified atom stereocenters. The van der Waals surface area contributed by atoms with Gasteiger partial charge in [0.2, 0.25) is 5.91 Å². The number of nitrogens with one attached hydrogen (secondary N) is 2. The van der Waals surface area contributed by atoms with Gasteiger partial charge in [0.15, 0.2) is 0 Å². The molecule has 1 aromatic heterocycles. The van der Waals surface area contributed by atoms with Gasteiger partial charge < -0.3 is 15.4 Å². The first-order chi connectivity index (χ1) is 14.5. The number of benzene rings is 2. The average Bonchev–Trinajstić information content (AvgIpc) is 2.74. The van der Waals surface area contributed by atoms with Crippen LogP contribution in [0, 0.1) is 12.7 Å². The number of methoxy groups -OCH3 is 1. The van der Waals surface area contributed by atoms with Gasteiger partial charge in [-0.1, -0.05) is 6.07 Å². The summed E-state index contributed by atoms with van der Waals surface area (Å²) in [6.45, 7) is 1.83. The number of carbonyl (C=O) groups is 2. The molecular formula is C22H21FN4O3. The van der Waals surface area contributed by atoms with Crippen molar-refractivity contribution in [2.24, 2.45) is 0 Å². The molecule has 0 aliphatic heterocycles. The number of nitrogens with zero attached hydrogens (tertiary/aromatic N) is 2. The van der Waals surface area contributed by atoms with E-state index >= 15 is 0 Å². The lowest BCUT2D eigenvalue weighted by molar-refractivity contribution is -0.116. The maximum atomic E-state index is 13.5. The number of amides is 2. The quantitative estimate of drug-likeness (QED) is 0.621. The van der Waals surface area contributed by atoms with E-state index in [9.17, 15) is 14.0 Å². The van der Waals surface area contributed by atoms with E-state index in [1.807, 2.05) is 6.92 Å². The second-order valence-electron chi connectivity index (χ2n) is 6.57. The van der Waals surface area contributed by atoms with E-state index in [0.717, 1.165) is 11.3 Å². The normalized spacial score (nSPS) is 10.4. The van der Waals surface area contributed by atoms with Gasteiger partial charge >= 0.3 is 0 Å². The van der Waals surface area contributed by atoms with Crippen molar-refractivity contribution in [3.63, 3.8) is 0 Å². The van der Waals surface area contributed by atoms with Gasteiger partial charge in [0.1, 0.15) is 11.6 Å². The number of hydrogen-bond donors (Lipinski definition) is 2. The maximum Gasteiger partial charge on any atom is 0.255 e. The summed E-state index contributed by atoms with van der Waals surface area (Å²) in [5.41, 5.74) is 2.59. The fourth-order valence-corrected chi connectivity index (χ4v) is 2.78. The summed E-state index contributed by atoms with van der Waals surface area (Å²) >= 11 is 0. The van der Waals surface area contributed by atoms with Gasteiger partial charge in [-0.2, -0.15) is 0 Å². The molecule has 0 radical (unpaired) electrons. The lowest BCUT2D eigenvalue weighted by Gasteiger charge is -2.13. The molecule has 0 aliphatic rings. The minimum atomic E-state index is -0.494. The molecule has 2 aromatic carbocycles. The highest BCUT2D eigenvalue weighted by Gasteiger charge is 2.13. The molecule has 0 saturated carbocycles. The van der Waals surface area contributed by atoms with Crippen LogP contribution < -0.4 is 15.4 Å². The molecule has 0 bridgehead atoms. The van der Waals surface area contributed by atoms with Crippen molar-refractivity contribution in [2.75, 3.05) is 17.7 Å². The minimum absolute atomic E-state index is 0.201. The van der Waals surface area contributed by atoms with Crippen LogP contribution in [0.4, 0.5) is 15.8 Å². The fourth-order valence-electron chi connectivity index (χ4n) is 2.78. The van der Waals surface area contributed by atoms with Gasteiger partial charge in [0, 0.05) is 42.3 Å². The highest BCUT2D eigenvalue weighted by Crippen LogP contribution is 2.26. The van der Waals surface area contributed by atoms with Crippen molar-refractivity contribution in [3.05, 3.63) is 77.6 Å². The van der Waals surface area contributed by atoms with Crippen molar-refractivity contribution in [1.82, 2.24) is 9.97 Å². The van der Waals surface area contributed by atoms with Crippen LogP contribution in [-0.4, -0.2) is 28.9 Å². The number of halogens is 1. The van der Waals surface area contributed by atoms with Gasteiger partial charge in [-0.05, 0) is 43.2 Å². The summed E-state index contributed by atoms with van der Waals surface area (Å²) in [6, 6.07) is 8.80. The zero-order valence-corrected chi connectivity index (χ0v) is 16.6. The Balaban J connectivity index is 1.69. The first-order valence-corrected chi connectivity index (χ1v) is 9.26. The van der Waals surface area contributed by atoms with Crippen LogP contribution in [0.25, 0.3) is 0 Å². The van der Waals surface area contributed by atoms with Gasteiger partial charge in [0.05, 0.1) is 18.5 Å². The van der Waals surface area contributed by atoms with Crippen LogP contribution in [0.1, 0.15) is 28.0 Å². The van der Waals surface area contributed by atoms with Crippen LogP contribution in [-0.2, 0) is 11.2 Å². The number of hydrogen-bond acceptors (Lipinski definition) is 5. The number of anilines is 2. The number of aromatic nitrogens is 2. The first kappa shape index (κ1) is 20.9. The summed E-state index contributed by atoms with van der Waals surface area (Å²) in [4.78, 5) is 33.1. The van der Waals surface area contributed by atoms with Gasteiger partial charge in [0.25, 0.3) is 5.91 Å². The van der Waals surface area contributed by atoms with Crippen molar-refractivity contribution in [1.29, 1.82) is 0 Å². The van der Waals surface area contributed by atoms with Gasteiger partial charge in [-0.3, -0.25) is 19.6 Å². The summed E-state index contributed by atoms with van der Waals surface area (Å²) in [6.07, 6.45) is 5.45. The molecule has 7 nitrogen and oxygen atoms in total. The molecule has 8 heteroatoms. The second kappa shape index (κ2) is 9.60. The number of carbonyl (C=O) groups excluding carboxylic acids is 2. The predicted octanol–water partition coefficient (Wildman–Crippen LogP) is 3.76. The second-order valence-corrected chi connectivity index (χ2v) is 6.57. The molecule has 30 heavy (non-hydrogen) atoms. The smallest absolute Gasteiger partial charge is 0.255 e. The third kappa shape index (κ3) is 5.38. The molecule has 0 atom stereocenters. The first-order valence-electron chi connectivity index (χ1n) is 9.26. The van der Waals surface area contributed by atoms with Crippen molar-refractivity contribution < 1.29 is 18.7 Å². The van der Waals surface area contributed by atoms with E-state index in [2.05, 4.69) is 20.6 Å². The number of ether oxygens (including phenoxy) is 1. The van der Waals surface area contributed by atoms with Crippen LogP contribution in [0.5, 0.6) is 5.75 Å². The largest absolute Gasteiger partial charge is 0.495 e. The highest BCUT2D eigenvalue weighted by atomic mass is 19.1. The van der Waals surface area contributed by atoms with Crippen LogP contribution >= 0.6 is 0 Å². The van der Waals surface area contributed by atoms with E-state index in [-0.39, 0.29) is 18.0 Å². The van der Waals surface area contributed by atoms with E-state index < -0.39 is 11.7 Å². The molecule has 0 aliphatic carbocycles. The maximum absolute atomic E-state index is 13.5. The fraction of sp³-hybridized carbons (Fsp3) is 0.182. The highest BCUT2D eigenvalue weighted by molar-refractivity contribution is 6.06. The molecule has 1 heterocycles. The zero-order valence-electron chi connectivity index (χ0n) is 16.6.